The van der Waals surface area contributed by atoms with Crippen molar-refractivity contribution in [3.63, 3.8) is 0 Å². The van der Waals surface area contributed by atoms with Crippen LogP contribution in [0, 0.1) is 5.82 Å². The van der Waals surface area contributed by atoms with E-state index in [4.69, 9.17) is 0 Å². The van der Waals surface area contributed by atoms with Crippen molar-refractivity contribution in [1.29, 1.82) is 0 Å². The lowest BCUT2D eigenvalue weighted by Crippen LogP contribution is -2.45. The van der Waals surface area contributed by atoms with Crippen LogP contribution in [0.3, 0.4) is 0 Å². The zero-order valence-electron chi connectivity index (χ0n) is 16.5. The van der Waals surface area contributed by atoms with Gasteiger partial charge in [-0.15, -0.1) is 5.10 Å². The first kappa shape index (κ1) is 18.7. The first-order valence-electron chi connectivity index (χ1n) is 10.4. The molecular weight excluding hydrogens is 383 g/mol. The van der Waals surface area contributed by atoms with Gasteiger partial charge in [-0.3, -0.25) is 0 Å². The standard InChI is InChI=1S/C22H23FN6O/c23-17-7-5-16(6-8-17)22(13-1-2-14-22)25-21(30)24-18-9-3-15(4-10-18)20-26-27-28-29(20)19-11-12-19/h3-10,19H,1-2,11-14H2,(H2,24,25,30). The summed E-state index contributed by atoms with van der Waals surface area (Å²) in [6.45, 7) is 0. The van der Waals surface area contributed by atoms with E-state index in [1.54, 1.807) is 12.1 Å². The average molecular weight is 406 g/mol. The number of nitrogens with zero attached hydrogens (tertiary/aromatic N) is 4. The van der Waals surface area contributed by atoms with Crippen molar-refractivity contribution in [1.82, 2.24) is 25.5 Å². The van der Waals surface area contributed by atoms with Crippen LogP contribution in [0.4, 0.5) is 14.9 Å². The van der Waals surface area contributed by atoms with Crippen LogP contribution in [0.1, 0.15) is 50.1 Å². The number of tetrazole rings is 1. The maximum absolute atomic E-state index is 13.3. The number of nitrogens with one attached hydrogen (secondary N) is 2. The number of halogens is 1. The predicted octanol–water partition coefficient (Wildman–Crippen LogP) is 4.41. The zero-order chi connectivity index (χ0) is 20.6. The third-order valence-corrected chi connectivity index (χ3v) is 5.99. The minimum absolute atomic E-state index is 0.267. The molecule has 2 aromatic carbocycles. The Morgan fingerprint density at radius 1 is 1.03 bits per heavy atom. The largest absolute Gasteiger partial charge is 0.328 e. The molecule has 2 aliphatic carbocycles. The molecule has 0 aliphatic heterocycles. The Labute approximate surface area is 173 Å². The number of urea groups is 1. The molecule has 2 saturated carbocycles. The third-order valence-electron chi connectivity index (χ3n) is 5.99. The lowest BCUT2D eigenvalue weighted by atomic mass is 9.88. The van der Waals surface area contributed by atoms with Crippen molar-refractivity contribution in [2.45, 2.75) is 50.1 Å². The normalized spacial score (nSPS) is 17.6. The first-order valence-corrected chi connectivity index (χ1v) is 10.4. The molecule has 0 unspecified atom stereocenters. The van der Waals surface area contributed by atoms with Crippen molar-refractivity contribution in [2.75, 3.05) is 5.32 Å². The second-order valence-corrected chi connectivity index (χ2v) is 8.13. The number of hydrogen-bond acceptors (Lipinski definition) is 4. The van der Waals surface area contributed by atoms with Crippen LogP contribution in [0.15, 0.2) is 48.5 Å². The highest BCUT2D eigenvalue weighted by atomic mass is 19.1. The molecule has 7 nitrogen and oxygen atoms in total. The van der Waals surface area contributed by atoms with E-state index in [9.17, 15) is 9.18 Å². The Morgan fingerprint density at radius 2 is 1.73 bits per heavy atom. The van der Waals surface area contributed by atoms with Gasteiger partial charge in [0.25, 0.3) is 0 Å². The summed E-state index contributed by atoms with van der Waals surface area (Å²) in [5.41, 5.74) is 2.09. The predicted molar refractivity (Wildman–Crippen MR) is 110 cm³/mol. The number of benzene rings is 2. The van der Waals surface area contributed by atoms with Gasteiger partial charge in [-0.1, -0.05) is 25.0 Å². The molecule has 1 aromatic heterocycles. The molecule has 30 heavy (non-hydrogen) atoms. The van der Waals surface area contributed by atoms with Crippen molar-refractivity contribution in [3.8, 4) is 11.4 Å². The Hall–Kier alpha value is -3.29. The highest BCUT2D eigenvalue weighted by molar-refractivity contribution is 5.90. The summed E-state index contributed by atoms with van der Waals surface area (Å²) in [4.78, 5) is 12.7. The summed E-state index contributed by atoms with van der Waals surface area (Å²) in [5, 5.41) is 18.1. The van der Waals surface area contributed by atoms with E-state index in [-0.39, 0.29) is 11.8 Å². The maximum Gasteiger partial charge on any atom is 0.319 e. The molecule has 2 N–H and O–H groups in total. The SMILES string of the molecule is O=C(Nc1ccc(-c2nnnn2C2CC2)cc1)NC1(c2ccc(F)cc2)CCCC1. The van der Waals surface area contributed by atoms with Crippen LogP contribution < -0.4 is 10.6 Å². The minimum Gasteiger partial charge on any atom is -0.328 e. The van der Waals surface area contributed by atoms with Crippen molar-refractivity contribution in [3.05, 3.63) is 59.9 Å². The zero-order valence-corrected chi connectivity index (χ0v) is 16.5. The van der Waals surface area contributed by atoms with E-state index in [0.717, 1.165) is 55.5 Å². The fourth-order valence-electron chi connectivity index (χ4n) is 4.26. The smallest absolute Gasteiger partial charge is 0.319 e. The van der Waals surface area contributed by atoms with Gasteiger partial charge in [-0.2, -0.15) is 0 Å². The fourth-order valence-corrected chi connectivity index (χ4v) is 4.26. The molecular formula is C22H23FN6O. The van der Waals surface area contributed by atoms with Crippen LogP contribution in [0.25, 0.3) is 11.4 Å². The van der Waals surface area contributed by atoms with E-state index in [1.807, 2.05) is 28.9 Å². The molecule has 8 heteroatoms. The maximum atomic E-state index is 13.3. The Kier molecular flexibility index (Phi) is 4.69. The number of aromatic nitrogens is 4. The quantitative estimate of drug-likeness (QED) is 0.657. The number of carbonyl (C=O) groups excluding carboxylic acids is 1. The summed E-state index contributed by atoms with van der Waals surface area (Å²) >= 11 is 0. The monoisotopic (exact) mass is 406 g/mol. The van der Waals surface area contributed by atoms with Crippen LogP contribution >= 0.6 is 0 Å². The minimum atomic E-state index is -0.454. The summed E-state index contributed by atoms with van der Waals surface area (Å²) in [6, 6.07) is 14.1. The molecule has 0 saturated heterocycles. The second kappa shape index (κ2) is 7.51. The molecule has 0 bridgehead atoms. The van der Waals surface area contributed by atoms with E-state index >= 15 is 0 Å². The number of amides is 2. The number of carbonyl (C=O) groups is 1. The highest BCUT2D eigenvalue weighted by Gasteiger charge is 2.37. The lowest BCUT2D eigenvalue weighted by Gasteiger charge is -2.31. The fraction of sp³-hybridized carbons (Fsp3) is 0.364. The number of rotatable bonds is 5. The molecule has 2 fully saturated rings. The topological polar surface area (TPSA) is 84.7 Å². The second-order valence-electron chi connectivity index (χ2n) is 8.13. The van der Waals surface area contributed by atoms with E-state index in [1.165, 1.54) is 12.1 Å². The van der Waals surface area contributed by atoms with Crippen molar-refractivity contribution in [2.24, 2.45) is 0 Å². The Bertz CT molecular complexity index is 1040. The highest BCUT2D eigenvalue weighted by Crippen LogP contribution is 2.39. The van der Waals surface area contributed by atoms with Crippen LogP contribution in [-0.4, -0.2) is 26.2 Å². The van der Waals surface area contributed by atoms with Gasteiger partial charge in [0.2, 0.25) is 0 Å². The van der Waals surface area contributed by atoms with Gasteiger partial charge < -0.3 is 10.6 Å². The van der Waals surface area contributed by atoms with Crippen LogP contribution in [-0.2, 0) is 5.54 Å². The average Bonchev–Trinajstić information content (AvgIpc) is 3.28. The summed E-state index contributed by atoms with van der Waals surface area (Å²) in [5.74, 6) is 0.471. The number of anilines is 1. The first-order chi connectivity index (χ1) is 14.6. The van der Waals surface area contributed by atoms with Gasteiger partial charge in [0.1, 0.15) is 5.82 Å². The van der Waals surface area contributed by atoms with Crippen LogP contribution in [0.2, 0.25) is 0 Å². The molecule has 0 atom stereocenters. The summed E-state index contributed by atoms with van der Waals surface area (Å²) < 4.78 is 15.2. The van der Waals surface area contributed by atoms with Gasteiger partial charge in [0.15, 0.2) is 5.82 Å². The molecule has 2 amide bonds. The van der Waals surface area contributed by atoms with Crippen LogP contribution in [0.5, 0.6) is 0 Å². The van der Waals surface area contributed by atoms with Crippen molar-refractivity contribution >= 4 is 11.7 Å². The molecule has 2 aliphatic rings. The summed E-state index contributed by atoms with van der Waals surface area (Å²) in [7, 11) is 0. The van der Waals surface area contributed by atoms with Crippen molar-refractivity contribution < 1.29 is 9.18 Å². The van der Waals surface area contributed by atoms with Gasteiger partial charge in [0, 0.05) is 11.3 Å². The molecule has 3 aromatic rings. The Morgan fingerprint density at radius 3 is 2.40 bits per heavy atom. The van der Waals surface area contributed by atoms with E-state index < -0.39 is 5.54 Å². The van der Waals surface area contributed by atoms with E-state index in [0.29, 0.717) is 11.7 Å². The van der Waals surface area contributed by atoms with Gasteiger partial charge in [-0.05, 0) is 78.1 Å². The van der Waals surface area contributed by atoms with Gasteiger partial charge in [-0.25, -0.2) is 13.9 Å². The Balaban J connectivity index is 1.29. The van der Waals surface area contributed by atoms with Gasteiger partial charge >= 0.3 is 6.03 Å². The van der Waals surface area contributed by atoms with E-state index in [2.05, 4.69) is 26.2 Å². The number of hydrogen-bond donors (Lipinski definition) is 2. The molecule has 0 radical (unpaired) electrons. The van der Waals surface area contributed by atoms with Gasteiger partial charge in [0.05, 0.1) is 11.6 Å². The molecule has 0 spiro atoms. The molecule has 5 rings (SSSR count). The third kappa shape index (κ3) is 3.65. The molecule has 1 heterocycles. The lowest BCUT2D eigenvalue weighted by molar-refractivity contribution is 0.236. The molecule has 154 valence electrons. The summed E-state index contributed by atoms with van der Waals surface area (Å²) in [6.07, 6.45) is 5.95.